The van der Waals surface area contributed by atoms with Crippen molar-refractivity contribution in [1.29, 1.82) is 0 Å². The smallest absolute Gasteiger partial charge is 0.326 e. The average molecular weight is 358 g/mol. The Morgan fingerprint density at radius 3 is 2.23 bits per heavy atom. The Morgan fingerprint density at radius 1 is 1.23 bits per heavy atom. The van der Waals surface area contributed by atoms with Crippen LogP contribution < -0.4 is 10.2 Å². The first kappa shape index (κ1) is 17.7. The molecule has 0 aliphatic heterocycles. The van der Waals surface area contributed by atoms with Gasteiger partial charge in [-0.2, -0.15) is 0 Å². The van der Waals surface area contributed by atoms with Crippen molar-refractivity contribution in [2.75, 3.05) is 11.9 Å². The summed E-state index contributed by atoms with van der Waals surface area (Å²) in [6.45, 7) is 2.66. The van der Waals surface area contributed by atoms with Gasteiger partial charge in [0.25, 0.3) is 0 Å². The maximum atomic E-state index is 11.3. The second kappa shape index (κ2) is 6.80. The molecular formula is C20H30N4O2. The third-order valence-corrected chi connectivity index (χ3v) is 6.85. The van der Waals surface area contributed by atoms with Crippen LogP contribution in [0.15, 0.2) is 12.4 Å². The number of carboxylic acid groups (broad SMARTS) is 1. The molecule has 0 saturated heterocycles. The molecule has 6 nitrogen and oxygen atoms in total. The number of aliphatic carboxylic acids is 1. The van der Waals surface area contributed by atoms with Crippen molar-refractivity contribution >= 4 is 11.9 Å². The number of carboxylic acids is 1. The second-order valence-corrected chi connectivity index (χ2v) is 8.82. The van der Waals surface area contributed by atoms with E-state index in [2.05, 4.69) is 15.3 Å². The van der Waals surface area contributed by atoms with Crippen LogP contribution in [0.2, 0.25) is 0 Å². The number of hydrogen-bond acceptors (Lipinski definition) is 5. The predicted octanol–water partition coefficient (Wildman–Crippen LogP) is 2.83. The third kappa shape index (κ3) is 3.31. The first-order chi connectivity index (χ1) is 12.5. The number of hydrogen-bond donors (Lipinski definition) is 2. The van der Waals surface area contributed by atoms with Crippen LogP contribution >= 0.6 is 0 Å². The van der Waals surface area contributed by atoms with Crippen LogP contribution in [0.3, 0.4) is 0 Å². The molecule has 0 aromatic carbocycles. The molecule has 0 radical (unpaired) electrons. The molecule has 4 bridgehead atoms. The first-order valence-electron chi connectivity index (χ1n) is 9.99. The summed E-state index contributed by atoms with van der Waals surface area (Å²) in [7, 11) is 1.74. The van der Waals surface area contributed by atoms with E-state index in [0.717, 1.165) is 29.9 Å². The van der Waals surface area contributed by atoms with E-state index in [0.29, 0.717) is 17.9 Å². The Hall–Kier alpha value is -1.69. The molecule has 4 fully saturated rings. The fraction of sp³-hybridized carbons (Fsp3) is 0.750. The maximum absolute atomic E-state index is 11.3. The minimum Gasteiger partial charge on any atom is -0.480 e. The summed E-state index contributed by atoms with van der Waals surface area (Å²) in [5.74, 6) is 2.43. The van der Waals surface area contributed by atoms with E-state index >= 15 is 0 Å². The lowest BCUT2D eigenvalue weighted by atomic mass is 9.53. The van der Waals surface area contributed by atoms with E-state index < -0.39 is 12.0 Å². The highest BCUT2D eigenvalue weighted by Crippen LogP contribution is 2.55. The molecule has 1 atom stereocenters. The summed E-state index contributed by atoms with van der Waals surface area (Å²) in [4.78, 5) is 21.8. The molecule has 4 saturated carbocycles. The number of rotatable bonds is 7. The average Bonchev–Trinajstić information content (AvgIpc) is 2.59. The normalized spacial score (nSPS) is 33.2. The van der Waals surface area contributed by atoms with Gasteiger partial charge in [-0.05, 0) is 62.7 Å². The van der Waals surface area contributed by atoms with Gasteiger partial charge < -0.3 is 15.3 Å². The summed E-state index contributed by atoms with van der Waals surface area (Å²) in [5.41, 5.74) is 1.40. The summed E-state index contributed by atoms with van der Waals surface area (Å²) in [6, 6.07) is -0.592. The highest BCUT2D eigenvalue weighted by atomic mass is 16.4. The van der Waals surface area contributed by atoms with Crippen molar-refractivity contribution in [2.45, 2.75) is 70.0 Å². The zero-order valence-corrected chi connectivity index (χ0v) is 15.8. The molecule has 4 aliphatic carbocycles. The predicted molar refractivity (Wildman–Crippen MR) is 99.9 cm³/mol. The lowest BCUT2D eigenvalue weighted by molar-refractivity contribution is -0.138. The van der Waals surface area contributed by atoms with Gasteiger partial charge in [0, 0.05) is 37.1 Å². The highest BCUT2D eigenvalue weighted by molar-refractivity contribution is 5.77. The van der Waals surface area contributed by atoms with Crippen molar-refractivity contribution in [2.24, 2.45) is 17.8 Å². The van der Waals surface area contributed by atoms with Crippen LogP contribution in [0.4, 0.5) is 5.95 Å². The fourth-order valence-electron chi connectivity index (χ4n) is 5.99. The summed E-state index contributed by atoms with van der Waals surface area (Å²) in [5, 5.41) is 13.1. The lowest BCUT2D eigenvalue weighted by Gasteiger charge is -2.57. The Balaban J connectivity index is 1.38. The van der Waals surface area contributed by atoms with Crippen LogP contribution in [-0.4, -0.2) is 39.7 Å². The number of aromatic nitrogens is 2. The van der Waals surface area contributed by atoms with E-state index in [1.54, 1.807) is 11.9 Å². The number of nitrogens with one attached hydrogen (secondary N) is 1. The van der Waals surface area contributed by atoms with Gasteiger partial charge >= 0.3 is 5.97 Å². The second-order valence-electron chi connectivity index (χ2n) is 8.82. The van der Waals surface area contributed by atoms with Gasteiger partial charge in [-0.3, -0.25) is 0 Å². The molecule has 1 unspecified atom stereocenters. The van der Waals surface area contributed by atoms with Crippen molar-refractivity contribution in [3.05, 3.63) is 18.0 Å². The largest absolute Gasteiger partial charge is 0.480 e. The Labute approximate surface area is 155 Å². The molecule has 4 aliphatic rings. The number of carbonyl (C=O) groups is 1. The lowest BCUT2D eigenvalue weighted by Crippen LogP contribution is -2.58. The van der Waals surface area contributed by atoms with Gasteiger partial charge in [0.1, 0.15) is 6.04 Å². The number of anilines is 1. The van der Waals surface area contributed by atoms with Gasteiger partial charge in [0.2, 0.25) is 5.95 Å². The highest BCUT2D eigenvalue weighted by Gasteiger charge is 2.50. The van der Waals surface area contributed by atoms with Crippen LogP contribution in [0.1, 0.15) is 57.4 Å². The Kier molecular flexibility index (Phi) is 4.63. The standard InChI is InChI=1S/C20H30N4O2/c1-3-17(18(25)26)24(2)19-21-10-16(11-22-19)12-23-20-7-13-4-14(8-20)6-15(5-13)9-20/h10-11,13-15,17,23H,3-9,12H2,1-2H3,(H,25,26). The molecule has 5 rings (SSSR count). The summed E-state index contributed by atoms with van der Waals surface area (Å²) < 4.78 is 0. The molecule has 142 valence electrons. The Bertz CT molecular complexity index is 625. The summed E-state index contributed by atoms with van der Waals surface area (Å²) in [6.07, 6.45) is 12.5. The van der Waals surface area contributed by atoms with Crippen molar-refractivity contribution in [3.63, 3.8) is 0 Å². The van der Waals surface area contributed by atoms with Gasteiger partial charge in [-0.25, -0.2) is 14.8 Å². The number of nitrogens with zero attached hydrogens (tertiary/aromatic N) is 3. The molecule has 6 heteroatoms. The van der Waals surface area contributed by atoms with Crippen LogP contribution in [0.25, 0.3) is 0 Å². The van der Waals surface area contributed by atoms with Crippen LogP contribution in [-0.2, 0) is 11.3 Å². The maximum Gasteiger partial charge on any atom is 0.326 e. The van der Waals surface area contributed by atoms with Gasteiger partial charge in [0.15, 0.2) is 0 Å². The molecule has 1 aromatic rings. The quantitative estimate of drug-likeness (QED) is 0.780. The molecule has 26 heavy (non-hydrogen) atoms. The van der Waals surface area contributed by atoms with Gasteiger partial charge in [-0.1, -0.05) is 6.92 Å². The van der Waals surface area contributed by atoms with Crippen molar-refractivity contribution in [1.82, 2.24) is 15.3 Å². The van der Waals surface area contributed by atoms with E-state index in [1.165, 1.54) is 38.5 Å². The summed E-state index contributed by atoms with van der Waals surface area (Å²) >= 11 is 0. The molecule has 1 heterocycles. The zero-order valence-electron chi connectivity index (χ0n) is 15.8. The van der Waals surface area contributed by atoms with E-state index in [-0.39, 0.29) is 0 Å². The van der Waals surface area contributed by atoms with E-state index in [4.69, 9.17) is 0 Å². The monoisotopic (exact) mass is 358 g/mol. The van der Waals surface area contributed by atoms with Crippen molar-refractivity contribution in [3.8, 4) is 0 Å². The number of likely N-dealkylation sites (N-methyl/N-ethyl adjacent to an activating group) is 1. The SMILES string of the molecule is CCC(C(=O)O)N(C)c1ncc(CNC23CC4CC(CC(C4)C2)C3)cn1. The van der Waals surface area contributed by atoms with Gasteiger partial charge in [-0.15, -0.1) is 0 Å². The van der Waals surface area contributed by atoms with Crippen LogP contribution in [0.5, 0.6) is 0 Å². The molecule has 0 spiro atoms. The topological polar surface area (TPSA) is 78.3 Å². The van der Waals surface area contributed by atoms with E-state index in [9.17, 15) is 9.90 Å². The Morgan fingerprint density at radius 2 is 1.77 bits per heavy atom. The minimum absolute atomic E-state index is 0.334. The zero-order chi connectivity index (χ0) is 18.3. The first-order valence-corrected chi connectivity index (χ1v) is 9.99. The van der Waals surface area contributed by atoms with Crippen LogP contribution in [0, 0.1) is 17.8 Å². The minimum atomic E-state index is -0.842. The molecule has 2 N–H and O–H groups in total. The molecule has 1 aromatic heterocycles. The van der Waals surface area contributed by atoms with Crippen molar-refractivity contribution < 1.29 is 9.90 Å². The van der Waals surface area contributed by atoms with E-state index in [1.807, 2.05) is 19.3 Å². The van der Waals surface area contributed by atoms with Gasteiger partial charge in [0.05, 0.1) is 0 Å². The fourth-order valence-corrected chi connectivity index (χ4v) is 5.99. The third-order valence-electron chi connectivity index (χ3n) is 6.85. The molecular weight excluding hydrogens is 328 g/mol. The molecule has 0 amide bonds.